The van der Waals surface area contributed by atoms with E-state index >= 15 is 0 Å². The number of nitrogens with one attached hydrogen (secondary N) is 3. The van der Waals surface area contributed by atoms with Gasteiger partial charge in [0.1, 0.15) is 12.4 Å². The van der Waals surface area contributed by atoms with E-state index in [0.29, 0.717) is 13.0 Å². The van der Waals surface area contributed by atoms with E-state index in [2.05, 4.69) is 90.2 Å². The van der Waals surface area contributed by atoms with Gasteiger partial charge in [0.25, 0.3) is 0 Å². The van der Waals surface area contributed by atoms with Crippen molar-refractivity contribution in [2.75, 3.05) is 23.8 Å². The zero-order valence-electron chi connectivity index (χ0n) is 18.9. The number of carbonyl (C=O) groups excluding carboxylic acids is 1. The molecule has 168 valence electrons. The molecule has 3 aromatic rings. The van der Waals surface area contributed by atoms with Crippen LogP contribution in [0.5, 0.6) is 0 Å². The molecule has 2 atom stereocenters. The summed E-state index contributed by atoms with van der Waals surface area (Å²) in [6.45, 7) is 6.10. The van der Waals surface area contributed by atoms with Gasteiger partial charge >= 0.3 is 0 Å². The topological polar surface area (TPSA) is 86.3 Å². The number of pyridine rings is 1. The second-order valence-corrected chi connectivity index (χ2v) is 8.17. The van der Waals surface area contributed by atoms with Gasteiger partial charge in [-0.25, -0.2) is 4.98 Å². The number of aromatic nitrogens is 1. The third kappa shape index (κ3) is 6.82. The molecule has 0 spiro atoms. The Balaban J connectivity index is 1.76. The van der Waals surface area contributed by atoms with Crippen LogP contribution in [-0.2, 0) is 11.2 Å². The summed E-state index contributed by atoms with van der Waals surface area (Å²) >= 11 is 0. The largest absolute Gasteiger partial charge is 0.387 e. The highest BCUT2D eigenvalue weighted by Gasteiger charge is 2.15. The van der Waals surface area contributed by atoms with Crippen molar-refractivity contribution in [2.24, 2.45) is 0 Å². The number of carbonyl (C=O) groups is 1. The number of aliphatic hydroxyl groups excluding tert-OH is 1. The summed E-state index contributed by atoms with van der Waals surface area (Å²) in [6, 6.07) is 20.7. The van der Waals surface area contributed by atoms with E-state index in [-0.39, 0.29) is 12.1 Å². The maximum Gasteiger partial charge on any atom is 0.245 e. The number of amides is 1. The summed E-state index contributed by atoms with van der Waals surface area (Å²) in [5.74, 6) is 0.329. The Morgan fingerprint density at radius 1 is 0.969 bits per heavy atom. The van der Waals surface area contributed by atoms with Crippen molar-refractivity contribution in [3.05, 3.63) is 89.1 Å². The Morgan fingerprint density at radius 3 is 2.28 bits per heavy atom. The van der Waals surface area contributed by atoms with Gasteiger partial charge in [0.15, 0.2) is 0 Å². The van der Waals surface area contributed by atoms with E-state index in [1.165, 1.54) is 16.7 Å². The van der Waals surface area contributed by atoms with Crippen LogP contribution in [0.1, 0.15) is 35.2 Å². The van der Waals surface area contributed by atoms with Gasteiger partial charge in [0.2, 0.25) is 5.91 Å². The van der Waals surface area contributed by atoms with Crippen molar-refractivity contribution in [2.45, 2.75) is 39.3 Å². The van der Waals surface area contributed by atoms with Gasteiger partial charge in [-0.1, -0.05) is 59.7 Å². The lowest BCUT2D eigenvalue weighted by atomic mass is 10.0. The van der Waals surface area contributed by atoms with Gasteiger partial charge < -0.3 is 21.1 Å². The average molecular weight is 433 g/mol. The second-order valence-electron chi connectivity index (χ2n) is 8.17. The van der Waals surface area contributed by atoms with Crippen LogP contribution in [0.2, 0.25) is 0 Å². The van der Waals surface area contributed by atoms with E-state index < -0.39 is 12.5 Å². The molecule has 0 aliphatic carbocycles. The van der Waals surface area contributed by atoms with Crippen molar-refractivity contribution >= 4 is 17.4 Å². The zero-order chi connectivity index (χ0) is 22.9. The predicted octanol–water partition coefficient (Wildman–Crippen LogP) is 4.00. The summed E-state index contributed by atoms with van der Waals surface area (Å²) in [6.07, 6.45) is 2.45. The zero-order valence-corrected chi connectivity index (χ0v) is 18.9. The van der Waals surface area contributed by atoms with Gasteiger partial charge in [-0.2, -0.15) is 0 Å². The molecular weight excluding hydrogens is 400 g/mol. The van der Waals surface area contributed by atoms with Crippen LogP contribution in [0.3, 0.4) is 0 Å². The van der Waals surface area contributed by atoms with E-state index in [1.54, 1.807) is 6.20 Å². The van der Waals surface area contributed by atoms with Crippen LogP contribution in [0.15, 0.2) is 66.9 Å². The minimum atomic E-state index is -0.526. The maximum absolute atomic E-state index is 11.6. The number of aliphatic hydroxyl groups is 1. The van der Waals surface area contributed by atoms with Crippen LogP contribution in [-0.4, -0.2) is 35.2 Å². The molecule has 1 aromatic heterocycles. The molecule has 2 aromatic carbocycles. The number of hydrogen-bond acceptors (Lipinski definition) is 5. The first-order valence-corrected chi connectivity index (χ1v) is 10.9. The lowest BCUT2D eigenvalue weighted by Crippen LogP contribution is -2.39. The number of benzene rings is 2. The van der Waals surface area contributed by atoms with Gasteiger partial charge in [0, 0.05) is 24.8 Å². The Hall–Kier alpha value is -3.38. The Morgan fingerprint density at radius 2 is 1.62 bits per heavy atom. The quantitative estimate of drug-likeness (QED) is 0.389. The maximum atomic E-state index is 11.6. The molecule has 1 heterocycles. The summed E-state index contributed by atoms with van der Waals surface area (Å²) < 4.78 is 0. The molecule has 2 unspecified atom stereocenters. The van der Waals surface area contributed by atoms with Crippen LogP contribution < -0.4 is 16.0 Å². The van der Waals surface area contributed by atoms with Crippen LogP contribution in [0.25, 0.3) is 0 Å². The first-order valence-electron chi connectivity index (χ1n) is 10.9. The molecule has 0 aliphatic rings. The SMILES string of the molecule is Cc1ccc(CC(CNC(=O)CO)Nc2ncccc2NC(C)c2ccc(C)cc2)cc1. The highest BCUT2D eigenvalue weighted by molar-refractivity contribution is 5.77. The Bertz CT molecular complexity index is 1000. The third-order valence-electron chi connectivity index (χ3n) is 5.39. The van der Waals surface area contributed by atoms with E-state index in [4.69, 9.17) is 5.11 Å². The minimum Gasteiger partial charge on any atom is -0.387 e. The molecule has 0 fully saturated rings. The van der Waals surface area contributed by atoms with Crippen molar-refractivity contribution in [3.8, 4) is 0 Å². The molecule has 0 saturated heterocycles. The molecule has 1 amide bonds. The van der Waals surface area contributed by atoms with E-state index in [0.717, 1.165) is 17.1 Å². The monoisotopic (exact) mass is 432 g/mol. The van der Waals surface area contributed by atoms with E-state index in [9.17, 15) is 4.79 Å². The minimum absolute atomic E-state index is 0.0988. The molecule has 0 radical (unpaired) electrons. The molecule has 0 bridgehead atoms. The summed E-state index contributed by atoms with van der Waals surface area (Å²) in [5.41, 5.74) is 5.67. The molecule has 6 nitrogen and oxygen atoms in total. The summed E-state index contributed by atoms with van der Waals surface area (Å²) in [7, 11) is 0. The summed E-state index contributed by atoms with van der Waals surface area (Å²) in [4.78, 5) is 16.2. The van der Waals surface area contributed by atoms with Gasteiger partial charge in [0.05, 0.1) is 5.69 Å². The summed E-state index contributed by atoms with van der Waals surface area (Å²) in [5, 5.41) is 18.9. The first-order chi connectivity index (χ1) is 15.4. The van der Waals surface area contributed by atoms with Crippen molar-refractivity contribution < 1.29 is 9.90 Å². The van der Waals surface area contributed by atoms with Crippen LogP contribution >= 0.6 is 0 Å². The fourth-order valence-electron chi connectivity index (χ4n) is 3.48. The molecule has 6 heteroatoms. The van der Waals surface area contributed by atoms with Crippen molar-refractivity contribution in [3.63, 3.8) is 0 Å². The molecule has 0 saturated carbocycles. The molecular formula is C26H32N4O2. The predicted molar refractivity (Wildman–Crippen MR) is 130 cm³/mol. The number of hydrogen-bond donors (Lipinski definition) is 4. The number of rotatable bonds is 10. The lowest BCUT2D eigenvalue weighted by molar-refractivity contribution is -0.123. The highest BCUT2D eigenvalue weighted by Crippen LogP contribution is 2.25. The smallest absolute Gasteiger partial charge is 0.245 e. The Labute approximate surface area is 190 Å². The Kier molecular flexibility index (Phi) is 8.22. The van der Waals surface area contributed by atoms with Gasteiger partial charge in [-0.15, -0.1) is 0 Å². The number of nitrogens with zero attached hydrogens (tertiary/aromatic N) is 1. The molecule has 0 aliphatic heterocycles. The fraction of sp³-hybridized carbons (Fsp3) is 0.308. The van der Waals surface area contributed by atoms with Crippen LogP contribution in [0.4, 0.5) is 11.5 Å². The fourth-order valence-corrected chi connectivity index (χ4v) is 3.48. The van der Waals surface area contributed by atoms with Crippen molar-refractivity contribution in [1.29, 1.82) is 0 Å². The van der Waals surface area contributed by atoms with Gasteiger partial charge in [-0.3, -0.25) is 4.79 Å². The molecule has 3 rings (SSSR count). The average Bonchev–Trinajstić information content (AvgIpc) is 2.80. The normalized spacial score (nSPS) is 12.6. The number of aryl methyl sites for hydroxylation is 2. The van der Waals surface area contributed by atoms with Crippen LogP contribution in [0, 0.1) is 13.8 Å². The van der Waals surface area contributed by atoms with Gasteiger partial charge in [-0.05, 0) is 50.5 Å². The molecule has 4 N–H and O–H groups in total. The van der Waals surface area contributed by atoms with E-state index in [1.807, 2.05) is 12.1 Å². The number of anilines is 2. The van der Waals surface area contributed by atoms with Crippen molar-refractivity contribution in [1.82, 2.24) is 10.3 Å². The highest BCUT2D eigenvalue weighted by atomic mass is 16.3. The standard InChI is InChI=1S/C26H32N4O2/c1-18-6-10-21(11-7-18)15-23(16-28-25(32)17-31)30-26-24(5-4-14-27-26)29-20(3)22-12-8-19(2)9-13-22/h4-14,20,23,29,31H,15-17H2,1-3H3,(H,27,30)(H,28,32). The molecule has 32 heavy (non-hydrogen) atoms. The second kappa shape index (κ2) is 11.3. The lowest BCUT2D eigenvalue weighted by Gasteiger charge is -2.23. The first kappa shape index (κ1) is 23.3. The third-order valence-corrected chi connectivity index (χ3v) is 5.39.